The molecule has 1 aliphatic rings. The minimum absolute atomic E-state index is 0.0141. The molecule has 1 aromatic heterocycles. The predicted molar refractivity (Wildman–Crippen MR) is 83.0 cm³/mol. The molecule has 0 N–H and O–H groups in total. The van der Waals surface area contributed by atoms with E-state index in [4.69, 9.17) is 4.74 Å². The predicted octanol–water partition coefficient (Wildman–Crippen LogP) is 3.32. The summed E-state index contributed by atoms with van der Waals surface area (Å²) in [5.41, 5.74) is -0.626. The van der Waals surface area contributed by atoms with Gasteiger partial charge in [0.25, 0.3) is 5.91 Å². The Kier molecular flexibility index (Phi) is 5.06. The number of aromatic nitrogens is 2. The van der Waals surface area contributed by atoms with Gasteiger partial charge < -0.3 is 9.64 Å². The molecule has 0 bridgehead atoms. The molecule has 1 aromatic carbocycles. The summed E-state index contributed by atoms with van der Waals surface area (Å²) in [4.78, 5) is 21.5. The molecule has 0 radical (unpaired) electrons. The van der Waals surface area contributed by atoms with E-state index in [0.29, 0.717) is 19.4 Å². The Morgan fingerprint density at radius 1 is 1.15 bits per heavy atom. The molecule has 9 heteroatoms. The van der Waals surface area contributed by atoms with Crippen LogP contribution in [0.4, 0.5) is 17.6 Å². The van der Waals surface area contributed by atoms with Crippen molar-refractivity contribution in [3.05, 3.63) is 53.6 Å². The van der Waals surface area contributed by atoms with Gasteiger partial charge in [-0.3, -0.25) is 4.79 Å². The van der Waals surface area contributed by atoms with Crippen LogP contribution in [0.15, 0.2) is 36.7 Å². The van der Waals surface area contributed by atoms with E-state index < -0.39 is 17.6 Å². The largest absolute Gasteiger partial charge is 0.458 e. The number of ether oxygens (including phenoxy) is 1. The molecule has 138 valence electrons. The first-order chi connectivity index (χ1) is 12.3. The maximum atomic E-state index is 12.8. The molecule has 1 unspecified atom stereocenters. The summed E-state index contributed by atoms with van der Waals surface area (Å²) in [6, 6.07) is 4.12. The van der Waals surface area contributed by atoms with Crippen LogP contribution in [0.1, 0.15) is 28.8 Å². The highest BCUT2D eigenvalue weighted by molar-refractivity contribution is 5.94. The van der Waals surface area contributed by atoms with Gasteiger partial charge in [0.05, 0.1) is 24.5 Å². The van der Waals surface area contributed by atoms with Gasteiger partial charge in [-0.15, -0.1) is 0 Å². The minimum atomic E-state index is -4.44. The number of hydrogen-bond donors (Lipinski definition) is 0. The number of hydrogen-bond acceptors (Lipinski definition) is 4. The number of piperidine rings is 1. The molecule has 0 spiro atoms. The maximum absolute atomic E-state index is 12.8. The molecule has 5 nitrogen and oxygen atoms in total. The molecular weight excluding hydrogens is 354 g/mol. The molecular formula is C17H15F4N3O2. The van der Waals surface area contributed by atoms with E-state index in [1.807, 2.05) is 0 Å². The number of benzene rings is 1. The van der Waals surface area contributed by atoms with Crippen LogP contribution < -0.4 is 4.74 Å². The summed E-state index contributed by atoms with van der Waals surface area (Å²) >= 11 is 0. The zero-order valence-corrected chi connectivity index (χ0v) is 13.5. The SMILES string of the molecule is O=C(c1ccc(C(F)(F)F)cc1)N1CCCC(Oc2ncc(F)cn2)C1. The molecule has 1 aliphatic heterocycles. The van der Waals surface area contributed by atoms with Gasteiger partial charge in [0, 0.05) is 12.1 Å². The monoisotopic (exact) mass is 369 g/mol. The number of alkyl halides is 3. The summed E-state index contributed by atoms with van der Waals surface area (Å²) < 4.78 is 56.2. The number of likely N-dealkylation sites (tertiary alicyclic amines) is 1. The fraction of sp³-hybridized carbons (Fsp3) is 0.353. The van der Waals surface area contributed by atoms with Gasteiger partial charge in [-0.25, -0.2) is 14.4 Å². The quantitative estimate of drug-likeness (QED) is 0.779. The number of halogens is 4. The third kappa shape index (κ3) is 4.27. The van der Waals surface area contributed by atoms with Crippen LogP contribution in [0.3, 0.4) is 0 Å². The molecule has 0 saturated carbocycles. The van der Waals surface area contributed by atoms with Crippen LogP contribution in [0, 0.1) is 5.82 Å². The van der Waals surface area contributed by atoms with Gasteiger partial charge in [-0.2, -0.15) is 13.2 Å². The van der Waals surface area contributed by atoms with E-state index in [0.717, 1.165) is 24.5 Å². The van der Waals surface area contributed by atoms with Crippen molar-refractivity contribution in [1.29, 1.82) is 0 Å². The third-order valence-electron chi connectivity index (χ3n) is 3.99. The van der Waals surface area contributed by atoms with Crippen LogP contribution in [0.5, 0.6) is 6.01 Å². The first-order valence-electron chi connectivity index (χ1n) is 7.93. The fourth-order valence-electron chi connectivity index (χ4n) is 2.71. The minimum Gasteiger partial charge on any atom is -0.458 e. The Labute approximate surface area is 146 Å². The van der Waals surface area contributed by atoms with Crippen LogP contribution >= 0.6 is 0 Å². The third-order valence-corrected chi connectivity index (χ3v) is 3.99. The Morgan fingerprint density at radius 3 is 2.42 bits per heavy atom. The smallest absolute Gasteiger partial charge is 0.416 e. The van der Waals surface area contributed by atoms with Crippen molar-refractivity contribution in [2.45, 2.75) is 25.1 Å². The number of nitrogens with zero attached hydrogens (tertiary/aromatic N) is 3. The Hall–Kier alpha value is -2.71. The Balaban J connectivity index is 1.65. The topological polar surface area (TPSA) is 55.3 Å². The van der Waals surface area contributed by atoms with Crippen molar-refractivity contribution < 1.29 is 27.1 Å². The number of rotatable bonds is 3. The van der Waals surface area contributed by atoms with Crippen molar-refractivity contribution in [3.63, 3.8) is 0 Å². The first kappa shape index (κ1) is 18.1. The van der Waals surface area contributed by atoms with E-state index in [-0.39, 0.29) is 30.1 Å². The number of carbonyl (C=O) groups excluding carboxylic acids is 1. The molecule has 1 saturated heterocycles. The first-order valence-corrected chi connectivity index (χ1v) is 7.93. The Morgan fingerprint density at radius 2 is 1.81 bits per heavy atom. The van der Waals surface area contributed by atoms with Gasteiger partial charge >= 0.3 is 12.2 Å². The van der Waals surface area contributed by atoms with Gasteiger partial charge in [-0.05, 0) is 37.1 Å². The van der Waals surface area contributed by atoms with Crippen LogP contribution in [0.2, 0.25) is 0 Å². The zero-order valence-electron chi connectivity index (χ0n) is 13.5. The summed E-state index contributed by atoms with van der Waals surface area (Å²) in [7, 11) is 0. The second-order valence-corrected chi connectivity index (χ2v) is 5.89. The van der Waals surface area contributed by atoms with Gasteiger partial charge in [0.15, 0.2) is 5.82 Å². The maximum Gasteiger partial charge on any atom is 0.416 e. The molecule has 1 atom stereocenters. The highest BCUT2D eigenvalue weighted by atomic mass is 19.4. The van der Waals surface area contributed by atoms with Crippen molar-refractivity contribution in [2.75, 3.05) is 13.1 Å². The molecule has 2 aromatic rings. The number of carbonyl (C=O) groups is 1. The average molecular weight is 369 g/mol. The van der Waals surface area contributed by atoms with Gasteiger partial charge in [0.1, 0.15) is 6.10 Å². The average Bonchev–Trinajstić information content (AvgIpc) is 2.63. The van der Waals surface area contributed by atoms with E-state index >= 15 is 0 Å². The van der Waals surface area contributed by atoms with E-state index in [1.54, 1.807) is 0 Å². The normalized spacial score (nSPS) is 17.8. The van der Waals surface area contributed by atoms with Crippen molar-refractivity contribution in [3.8, 4) is 6.01 Å². The van der Waals surface area contributed by atoms with E-state index in [1.165, 1.54) is 17.0 Å². The molecule has 1 fully saturated rings. The summed E-state index contributed by atoms with van der Waals surface area (Å²) in [5.74, 6) is -0.952. The summed E-state index contributed by atoms with van der Waals surface area (Å²) in [6.07, 6.45) is -1.52. The molecule has 1 amide bonds. The lowest BCUT2D eigenvalue weighted by Crippen LogP contribution is -2.44. The highest BCUT2D eigenvalue weighted by Crippen LogP contribution is 2.29. The second kappa shape index (κ2) is 7.27. The fourth-order valence-corrected chi connectivity index (χ4v) is 2.71. The summed E-state index contributed by atoms with van der Waals surface area (Å²) in [6.45, 7) is 0.727. The van der Waals surface area contributed by atoms with Crippen LogP contribution in [0.25, 0.3) is 0 Å². The van der Waals surface area contributed by atoms with Crippen LogP contribution in [-0.4, -0.2) is 40.0 Å². The van der Waals surface area contributed by atoms with E-state index in [9.17, 15) is 22.4 Å². The van der Waals surface area contributed by atoms with E-state index in [2.05, 4.69) is 9.97 Å². The van der Waals surface area contributed by atoms with Gasteiger partial charge in [0.2, 0.25) is 0 Å². The zero-order chi connectivity index (χ0) is 18.7. The summed E-state index contributed by atoms with van der Waals surface area (Å²) in [5, 5.41) is 0. The standard InChI is InChI=1S/C17H15F4N3O2/c18-13-8-22-16(23-9-13)26-14-2-1-7-24(10-14)15(25)11-3-5-12(6-4-11)17(19,20)21/h3-6,8-9,14H,1-2,7,10H2. The molecule has 2 heterocycles. The van der Waals surface area contributed by atoms with Crippen molar-refractivity contribution in [2.24, 2.45) is 0 Å². The number of amides is 1. The van der Waals surface area contributed by atoms with Crippen molar-refractivity contribution >= 4 is 5.91 Å². The lowest BCUT2D eigenvalue weighted by atomic mass is 10.1. The molecule has 26 heavy (non-hydrogen) atoms. The van der Waals surface area contributed by atoms with Crippen molar-refractivity contribution in [1.82, 2.24) is 14.9 Å². The highest BCUT2D eigenvalue weighted by Gasteiger charge is 2.31. The lowest BCUT2D eigenvalue weighted by Gasteiger charge is -2.32. The Bertz CT molecular complexity index is 763. The van der Waals surface area contributed by atoms with Crippen LogP contribution in [-0.2, 0) is 6.18 Å². The van der Waals surface area contributed by atoms with Gasteiger partial charge in [-0.1, -0.05) is 0 Å². The lowest BCUT2D eigenvalue weighted by molar-refractivity contribution is -0.137. The second-order valence-electron chi connectivity index (χ2n) is 5.89. The molecule has 3 rings (SSSR count). The molecule has 0 aliphatic carbocycles.